The maximum absolute atomic E-state index is 13.6. The maximum atomic E-state index is 13.6. The average molecular weight is 480 g/mol. The molecule has 0 spiro atoms. The highest BCUT2D eigenvalue weighted by molar-refractivity contribution is 7.99. The SMILES string of the molecule is CC1(C)OCC(Cn2c3ccccc3c3c4c(c(C(=O)N5CCSCC5)cc32)C(=O)NC4=O)O1. The van der Waals surface area contributed by atoms with Crippen LogP contribution in [-0.4, -0.2) is 70.3 Å². The smallest absolute Gasteiger partial charge is 0.259 e. The maximum Gasteiger partial charge on any atom is 0.259 e. The van der Waals surface area contributed by atoms with Crippen LogP contribution in [0.1, 0.15) is 44.9 Å². The minimum absolute atomic E-state index is 0.184. The number of para-hydroxylation sites is 1. The lowest BCUT2D eigenvalue weighted by Crippen LogP contribution is -2.38. The van der Waals surface area contributed by atoms with Gasteiger partial charge in [-0.15, -0.1) is 0 Å². The summed E-state index contributed by atoms with van der Waals surface area (Å²) in [5, 5.41) is 3.98. The molecular weight excluding hydrogens is 454 g/mol. The van der Waals surface area contributed by atoms with Crippen LogP contribution in [0.15, 0.2) is 30.3 Å². The predicted molar refractivity (Wildman–Crippen MR) is 129 cm³/mol. The molecule has 1 N–H and O–H groups in total. The molecular formula is C25H25N3O5S. The molecule has 0 bridgehead atoms. The van der Waals surface area contributed by atoms with Crippen molar-refractivity contribution in [3.8, 4) is 0 Å². The van der Waals surface area contributed by atoms with Crippen LogP contribution < -0.4 is 5.32 Å². The predicted octanol–water partition coefficient (Wildman–Crippen LogP) is 3.02. The standard InChI is InChI=1S/C25H25N3O5S/c1-25(2)32-13-14(33-25)12-28-17-6-4-3-5-15(17)19-18(28)11-16(20-21(19)23(30)26-22(20)29)24(31)27-7-9-34-10-8-27/h3-6,11,14H,7-10,12-13H2,1-2H3,(H,26,29,30). The van der Waals surface area contributed by atoms with Crippen LogP contribution in [0, 0.1) is 0 Å². The summed E-state index contributed by atoms with van der Waals surface area (Å²) in [6, 6.07) is 9.58. The monoisotopic (exact) mass is 479 g/mol. The highest BCUT2D eigenvalue weighted by Crippen LogP contribution is 2.38. The van der Waals surface area contributed by atoms with Gasteiger partial charge in [0.15, 0.2) is 5.79 Å². The Bertz CT molecular complexity index is 1370. The molecule has 3 aliphatic heterocycles. The Labute approximate surface area is 200 Å². The molecule has 6 rings (SSSR count). The van der Waals surface area contributed by atoms with E-state index in [4.69, 9.17) is 9.47 Å². The van der Waals surface area contributed by atoms with Gasteiger partial charge in [-0.2, -0.15) is 11.8 Å². The first-order chi connectivity index (χ1) is 16.3. The Balaban J connectivity index is 1.59. The Hall–Kier alpha value is -2.88. The number of hydrogen-bond acceptors (Lipinski definition) is 6. The number of hydrogen-bond donors (Lipinski definition) is 1. The summed E-state index contributed by atoms with van der Waals surface area (Å²) in [4.78, 5) is 41.2. The number of nitrogens with one attached hydrogen (secondary N) is 1. The summed E-state index contributed by atoms with van der Waals surface area (Å²) in [5.74, 6) is -0.125. The summed E-state index contributed by atoms with van der Waals surface area (Å²) in [6.07, 6.45) is -0.184. The molecule has 34 heavy (non-hydrogen) atoms. The van der Waals surface area contributed by atoms with Crippen LogP contribution in [0.25, 0.3) is 21.8 Å². The lowest BCUT2D eigenvalue weighted by atomic mass is 9.96. The second-order valence-corrected chi connectivity index (χ2v) is 10.6. The number of ether oxygens (including phenoxy) is 2. The Morgan fingerprint density at radius 1 is 1.12 bits per heavy atom. The van der Waals surface area contributed by atoms with Crippen LogP contribution in [0.5, 0.6) is 0 Å². The van der Waals surface area contributed by atoms with Gasteiger partial charge in [0.2, 0.25) is 0 Å². The molecule has 2 fully saturated rings. The van der Waals surface area contributed by atoms with Gasteiger partial charge in [-0.25, -0.2) is 0 Å². The van der Waals surface area contributed by atoms with Crippen LogP contribution in [0.3, 0.4) is 0 Å². The van der Waals surface area contributed by atoms with Crippen LogP contribution >= 0.6 is 11.8 Å². The average Bonchev–Trinajstić information content (AvgIpc) is 3.44. The number of imide groups is 1. The van der Waals surface area contributed by atoms with E-state index in [0.717, 1.165) is 27.9 Å². The second-order valence-electron chi connectivity index (χ2n) is 9.33. The molecule has 9 heteroatoms. The number of nitrogens with zero attached hydrogens (tertiary/aromatic N) is 2. The molecule has 2 saturated heterocycles. The molecule has 4 heterocycles. The summed E-state index contributed by atoms with van der Waals surface area (Å²) in [6.45, 7) is 5.96. The zero-order valence-electron chi connectivity index (χ0n) is 19.1. The van der Waals surface area contributed by atoms with E-state index in [1.54, 1.807) is 22.7 Å². The zero-order chi connectivity index (χ0) is 23.6. The summed E-state index contributed by atoms with van der Waals surface area (Å²) in [5.41, 5.74) is 2.42. The highest BCUT2D eigenvalue weighted by atomic mass is 32.2. The second kappa shape index (κ2) is 7.83. The number of benzene rings is 2. The molecule has 3 amide bonds. The summed E-state index contributed by atoms with van der Waals surface area (Å²) >= 11 is 1.81. The molecule has 2 aromatic carbocycles. The number of aromatic nitrogens is 1. The minimum atomic E-state index is -0.662. The van der Waals surface area contributed by atoms with Crippen LogP contribution in [-0.2, 0) is 16.0 Å². The fourth-order valence-electron chi connectivity index (χ4n) is 5.25. The number of thioether (sulfide) groups is 1. The van der Waals surface area contributed by atoms with E-state index < -0.39 is 17.6 Å². The Morgan fingerprint density at radius 3 is 2.59 bits per heavy atom. The van der Waals surface area contributed by atoms with Crippen molar-refractivity contribution in [1.82, 2.24) is 14.8 Å². The van der Waals surface area contributed by atoms with Crippen LogP contribution in [0.4, 0.5) is 0 Å². The van der Waals surface area contributed by atoms with Crippen molar-refractivity contribution in [2.24, 2.45) is 0 Å². The topological polar surface area (TPSA) is 89.9 Å². The van der Waals surface area contributed by atoms with Gasteiger partial charge in [0, 0.05) is 40.9 Å². The van der Waals surface area contributed by atoms with E-state index in [1.165, 1.54) is 0 Å². The molecule has 1 aromatic heterocycles. The summed E-state index contributed by atoms with van der Waals surface area (Å²) < 4.78 is 13.9. The van der Waals surface area contributed by atoms with Gasteiger partial charge in [-0.1, -0.05) is 18.2 Å². The zero-order valence-corrected chi connectivity index (χ0v) is 19.9. The normalized spacial score (nSPS) is 21.9. The van der Waals surface area contributed by atoms with Gasteiger partial charge < -0.3 is 18.9 Å². The van der Waals surface area contributed by atoms with Gasteiger partial charge in [0.1, 0.15) is 6.10 Å². The number of fused-ring (bicyclic) bond motifs is 5. The first kappa shape index (κ1) is 21.6. The van der Waals surface area contributed by atoms with Crippen molar-refractivity contribution < 1.29 is 23.9 Å². The van der Waals surface area contributed by atoms with E-state index in [9.17, 15) is 14.4 Å². The number of amides is 3. The van der Waals surface area contributed by atoms with Crippen LogP contribution in [0.2, 0.25) is 0 Å². The van der Waals surface area contributed by atoms with Crippen molar-refractivity contribution in [1.29, 1.82) is 0 Å². The fourth-order valence-corrected chi connectivity index (χ4v) is 6.16. The van der Waals surface area contributed by atoms with E-state index >= 15 is 0 Å². The third-order valence-electron chi connectivity index (χ3n) is 6.72. The van der Waals surface area contributed by atoms with Crippen molar-refractivity contribution in [2.45, 2.75) is 32.3 Å². The number of carbonyl (C=O) groups excluding carboxylic acids is 3. The van der Waals surface area contributed by atoms with Gasteiger partial charge in [-0.3, -0.25) is 19.7 Å². The molecule has 3 aromatic rings. The molecule has 1 atom stereocenters. The lowest BCUT2D eigenvalue weighted by molar-refractivity contribution is -0.139. The molecule has 0 saturated carbocycles. The number of carbonyl (C=O) groups is 3. The third-order valence-corrected chi connectivity index (χ3v) is 7.67. The molecule has 1 unspecified atom stereocenters. The van der Waals surface area contributed by atoms with E-state index in [0.29, 0.717) is 31.6 Å². The molecule has 3 aliphatic rings. The van der Waals surface area contributed by atoms with Gasteiger partial charge >= 0.3 is 0 Å². The van der Waals surface area contributed by atoms with E-state index in [-0.39, 0.29) is 28.7 Å². The fraction of sp³-hybridized carbons (Fsp3) is 0.400. The minimum Gasteiger partial charge on any atom is -0.348 e. The summed E-state index contributed by atoms with van der Waals surface area (Å²) in [7, 11) is 0. The Kier molecular flexibility index (Phi) is 4.98. The van der Waals surface area contributed by atoms with Crippen molar-refractivity contribution in [3.63, 3.8) is 0 Å². The highest BCUT2D eigenvalue weighted by Gasteiger charge is 2.38. The molecule has 8 nitrogen and oxygen atoms in total. The molecule has 0 aliphatic carbocycles. The van der Waals surface area contributed by atoms with Gasteiger partial charge in [-0.05, 0) is 26.0 Å². The molecule has 176 valence electrons. The van der Waals surface area contributed by atoms with Crippen molar-refractivity contribution in [3.05, 3.63) is 47.0 Å². The Morgan fingerprint density at radius 2 is 1.85 bits per heavy atom. The first-order valence-electron chi connectivity index (χ1n) is 11.5. The lowest BCUT2D eigenvalue weighted by Gasteiger charge is -2.27. The largest absolute Gasteiger partial charge is 0.348 e. The first-order valence-corrected chi connectivity index (χ1v) is 12.6. The van der Waals surface area contributed by atoms with Gasteiger partial charge in [0.25, 0.3) is 17.7 Å². The third kappa shape index (κ3) is 3.33. The van der Waals surface area contributed by atoms with Gasteiger partial charge in [0.05, 0.1) is 35.4 Å². The molecule has 0 radical (unpaired) electrons. The quantitative estimate of drug-likeness (QED) is 0.581. The van der Waals surface area contributed by atoms with E-state index in [2.05, 4.69) is 9.88 Å². The van der Waals surface area contributed by atoms with Crippen molar-refractivity contribution >= 4 is 51.3 Å². The van der Waals surface area contributed by atoms with Crippen molar-refractivity contribution in [2.75, 3.05) is 31.2 Å². The number of rotatable bonds is 3. The van der Waals surface area contributed by atoms with E-state index in [1.807, 2.05) is 38.1 Å².